The molecule has 0 aliphatic heterocycles. The highest BCUT2D eigenvalue weighted by atomic mass is 16.4. The fourth-order valence-electron chi connectivity index (χ4n) is 2.72. The van der Waals surface area contributed by atoms with E-state index in [1.54, 1.807) is 25.3 Å². The Morgan fingerprint density at radius 1 is 1.18 bits per heavy atom. The zero-order valence-corrected chi connectivity index (χ0v) is 15.6. The first-order valence-corrected chi connectivity index (χ1v) is 8.68. The van der Waals surface area contributed by atoms with Gasteiger partial charge in [-0.2, -0.15) is 0 Å². The maximum absolute atomic E-state index is 12.1. The van der Waals surface area contributed by atoms with E-state index in [-0.39, 0.29) is 12.0 Å². The van der Waals surface area contributed by atoms with E-state index in [2.05, 4.69) is 15.0 Å². The van der Waals surface area contributed by atoms with Crippen LogP contribution in [0.4, 0.5) is 11.5 Å². The summed E-state index contributed by atoms with van der Waals surface area (Å²) in [5.74, 6) is 0.108. The molecule has 0 aliphatic rings. The van der Waals surface area contributed by atoms with Gasteiger partial charge >= 0.3 is 5.97 Å². The van der Waals surface area contributed by atoms with Gasteiger partial charge in [0.1, 0.15) is 11.6 Å². The molecular weight excluding hydrogens is 356 g/mol. The van der Waals surface area contributed by atoms with Gasteiger partial charge in [0, 0.05) is 30.2 Å². The van der Waals surface area contributed by atoms with Crippen LogP contribution in [-0.2, 0) is 11.2 Å². The number of aliphatic carboxylic acids is 1. The van der Waals surface area contributed by atoms with Crippen LogP contribution in [0.3, 0.4) is 0 Å². The van der Waals surface area contributed by atoms with Crippen LogP contribution in [0.5, 0.6) is 0 Å². The molecule has 2 N–H and O–H groups in total. The average Bonchev–Trinajstić information content (AvgIpc) is 2.69. The van der Waals surface area contributed by atoms with Crippen LogP contribution in [0.25, 0.3) is 12.2 Å². The third kappa shape index (κ3) is 4.50. The third-order valence-electron chi connectivity index (χ3n) is 4.26. The van der Waals surface area contributed by atoms with Crippen LogP contribution in [-0.4, -0.2) is 33.1 Å². The highest BCUT2D eigenvalue weighted by Crippen LogP contribution is 2.21. The summed E-state index contributed by atoms with van der Waals surface area (Å²) in [5, 5.41) is 8.87. The van der Waals surface area contributed by atoms with Crippen molar-refractivity contribution in [1.82, 2.24) is 15.0 Å². The summed E-state index contributed by atoms with van der Waals surface area (Å²) in [4.78, 5) is 36.2. The largest absolute Gasteiger partial charge is 0.481 e. The fraction of sp³-hybridized carbons (Fsp3) is 0.143. The second kappa shape index (κ2) is 8.30. The van der Waals surface area contributed by atoms with Crippen LogP contribution in [0, 0.1) is 6.92 Å². The molecule has 0 radical (unpaired) electrons. The Labute approximate surface area is 162 Å². The first kappa shape index (κ1) is 19.0. The molecule has 0 saturated carbocycles. The lowest BCUT2D eigenvalue weighted by Crippen LogP contribution is -2.20. The van der Waals surface area contributed by atoms with Crippen LogP contribution in [0.15, 0.2) is 53.5 Å². The SMILES string of the molecule is Cc1nc(/C=C/c2ccc(N(C)c3ccccc3)nc2)[nH]c(=O)c1CC(=O)O. The van der Waals surface area contributed by atoms with E-state index >= 15 is 0 Å². The Hall–Kier alpha value is -3.74. The van der Waals surface area contributed by atoms with E-state index in [0.29, 0.717) is 11.5 Å². The molecule has 28 heavy (non-hydrogen) atoms. The lowest BCUT2D eigenvalue weighted by Gasteiger charge is -2.18. The van der Waals surface area contributed by atoms with Gasteiger partial charge in [-0.1, -0.05) is 18.2 Å². The summed E-state index contributed by atoms with van der Waals surface area (Å²) in [6, 6.07) is 13.8. The molecule has 0 amide bonds. The highest BCUT2D eigenvalue weighted by molar-refractivity contribution is 5.71. The first-order chi connectivity index (χ1) is 13.4. The van der Waals surface area contributed by atoms with Crippen LogP contribution < -0.4 is 10.5 Å². The monoisotopic (exact) mass is 376 g/mol. The van der Waals surface area contributed by atoms with Crippen molar-refractivity contribution in [1.29, 1.82) is 0 Å². The zero-order chi connectivity index (χ0) is 20.1. The number of carbonyl (C=O) groups is 1. The third-order valence-corrected chi connectivity index (χ3v) is 4.26. The minimum absolute atomic E-state index is 0.166. The second-order valence-corrected chi connectivity index (χ2v) is 6.26. The van der Waals surface area contributed by atoms with Crippen molar-refractivity contribution in [3.8, 4) is 0 Å². The van der Waals surface area contributed by atoms with Gasteiger partial charge in [0.05, 0.1) is 6.42 Å². The number of hydrogen-bond acceptors (Lipinski definition) is 5. The summed E-state index contributed by atoms with van der Waals surface area (Å²) in [5.41, 5.74) is 2.02. The van der Waals surface area contributed by atoms with Gasteiger partial charge in [0.2, 0.25) is 0 Å². The number of aromatic amines is 1. The highest BCUT2D eigenvalue weighted by Gasteiger charge is 2.11. The van der Waals surface area contributed by atoms with Crippen molar-refractivity contribution < 1.29 is 9.90 Å². The number of pyridine rings is 1. The molecular formula is C21H20N4O3. The lowest BCUT2D eigenvalue weighted by molar-refractivity contribution is -0.136. The number of hydrogen-bond donors (Lipinski definition) is 2. The number of benzene rings is 1. The second-order valence-electron chi connectivity index (χ2n) is 6.26. The quantitative estimate of drug-likeness (QED) is 0.686. The van der Waals surface area contributed by atoms with Gasteiger partial charge in [-0.3, -0.25) is 9.59 Å². The van der Waals surface area contributed by atoms with E-state index in [9.17, 15) is 9.59 Å². The van der Waals surface area contributed by atoms with Gasteiger partial charge in [-0.25, -0.2) is 9.97 Å². The van der Waals surface area contributed by atoms with E-state index in [0.717, 1.165) is 17.1 Å². The minimum Gasteiger partial charge on any atom is -0.481 e. The fourth-order valence-corrected chi connectivity index (χ4v) is 2.72. The summed E-state index contributed by atoms with van der Waals surface area (Å²) in [7, 11) is 1.95. The summed E-state index contributed by atoms with van der Waals surface area (Å²) in [6.07, 6.45) is 4.83. The number of nitrogens with one attached hydrogen (secondary N) is 1. The van der Waals surface area contributed by atoms with Crippen LogP contribution in [0.1, 0.15) is 22.6 Å². The number of H-pyrrole nitrogens is 1. The van der Waals surface area contributed by atoms with Gasteiger partial charge in [-0.05, 0) is 48.9 Å². The Morgan fingerprint density at radius 3 is 2.54 bits per heavy atom. The van der Waals surface area contributed by atoms with Crippen molar-refractivity contribution in [2.45, 2.75) is 13.3 Å². The molecule has 7 nitrogen and oxygen atoms in total. The number of carboxylic acid groups (broad SMARTS) is 1. The molecule has 3 aromatic rings. The van der Waals surface area contributed by atoms with Crippen LogP contribution >= 0.6 is 0 Å². The smallest absolute Gasteiger partial charge is 0.308 e. The van der Waals surface area contributed by atoms with Crippen molar-refractivity contribution in [2.24, 2.45) is 0 Å². The molecule has 0 fully saturated rings. The van der Waals surface area contributed by atoms with E-state index in [4.69, 9.17) is 5.11 Å². The molecule has 0 saturated heterocycles. The molecule has 0 atom stereocenters. The number of nitrogens with zero attached hydrogens (tertiary/aromatic N) is 3. The number of anilines is 2. The standard InChI is InChI=1S/C21H20N4O3/c1-14-17(12-20(26)27)21(28)24-18(23-14)10-8-15-9-11-19(22-13-15)25(2)16-6-4-3-5-7-16/h3-11,13H,12H2,1-2H3,(H,26,27)(H,23,24,28)/b10-8+. The predicted octanol–water partition coefficient (Wildman–Crippen LogP) is 3.04. The van der Waals surface area contributed by atoms with Crippen LogP contribution in [0.2, 0.25) is 0 Å². The normalized spacial score (nSPS) is 10.9. The molecule has 1 aromatic carbocycles. The maximum Gasteiger partial charge on any atom is 0.308 e. The van der Waals surface area contributed by atoms with E-state index < -0.39 is 11.5 Å². The van der Waals surface area contributed by atoms with E-state index in [1.165, 1.54) is 0 Å². The van der Waals surface area contributed by atoms with Crippen molar-refractivity contribution in [2.75, 3.05) is 11.9 Å². The van der Waals surface area contributed by atoms with Gasteiger partial charge in [0.25, 0.3) is 5.56 Å². The van der Waals surface area contributed by atoms with Gasteiger partial charge < -0.3 is 15.0 Å². The maximum atomic E-state index is 12.1. The topological polar surface area (TPSA) is 99.2 Å². The minimum atomic E-state index is -1.06. The average molecular weight is 376 g/mol. The van der Waals surface area contributed by atoms with E-state index in [1.807, 2.05) is 54.4 Å². The zero-order valence-electron chi connectivity index (χ0n) is 15.6. The number of aryl methyl sites for hydroxylation is 1. The lowest BCUT2D eigenvalue weighted by atomic mass is 10.1. The molecule has 2 aromatic heterocycles. The number of carboxylic acids is 1. The van der Waals surface area contributed by atoms with Crippen molar-refractivity contribution in [3.63, 3.8) is 0 Å². The van der Waals surface area contributed by atoms with Crippen molar-refractivity contribution >= 4 is 29.6 Å². The number of para-hydroxylation sites is 1. The molecule has 3 rings (SSSR count). The molecule has 142 valence electrons. The molecule has 0 bridgehead atoms. The summed E-state index contributed by atoms with van der Waals surface area (Å²) in [6.45, 7) is 1.63. The Kier molecular flexibility index (Phi) is 5.64. The molecule has 7 heteroatoms. The predicted molar refractivity (Wildman–Crippen MR) is 109 cm³/mol. The summed E-state index contributed by atoms with van der Waals surface area (Å²) >= 11 is 0. The first-order valence-electron chi connectivity index (χ1n) is 8.68. The molecule has 0 aliphatic carbocycles. The number of aromatic nitrogens is 3. The molecule has 0 unspecified atom stereocenters. The van der Waals surface area contributed by atoms with Gasteiger partial charge in [-0.15, -0.1) is 0 Å². The Bertz CT molecular complexity index is 1060. The summed E-state index contributed by atoms with van der Waals surface area (Å²) < 4.78 is 0. The number of rotatable bonds is 6. The Balaban J connectivity index is 1.76. The van der Waals surface area contributed by atoms with Crippen molar-refractivity contribution in [3.05, 3.63) is 81.7 Å². The Morgan fingerprint density at radius 2 is 1.93 bits per heavy atom. The molecule has 2 heterocycles. The van der Waals surface area contributed by atoms with Gasteiger partial charge in [0.15, 0.2) is 0 Å². The molecule has 0 spiro atoms.